The van der Waals surface area contributed by atoms with E-state index in [9.17, 15) is 4.79 Å². The molecule has 1 aromatic heterocycles. The van der Waals surface area contributed by atoms with Crippen LogP contribution in [0.2, 0.25) is 0 Å². The number of nitrogens with zero attached hydrogens (tertiary/aromatic N) is 1. The summed E-state index contributed by atoms with van der Waals surface area (Å²) < 4.78 is 4.94. The number of methoxy groups -OCH3 is 1. The van der Waals surface area contributed by atoms with Crippen molar-refractivity contribution in [3.63, 3.8) is 0 Å². The second-order valence-corrected chi connectivity index (χ2v) is 4.08. The van der Waals surface area contributed by atoms with E-state index in [-0.39, 0.29) is 5.60 Å². The zero-order valence-electron chi connectivity index (χ0n) is 11.4. The number of hydrogen-bond acceptors (Lipinski definition) is 4. The lowest BCUT2D eigenvalue weighted by atomic mass is 10.2. The number of anilines is 1. The molecule has 0 bridgehead atoms. The van der Waals surface area contributed by atoms with Crippen molar-refractivity contribution in [2.45, 2.75) is 33.3 Å². The van der Waals surface area contributed by atoms with Crippen molar-refractivity contribution in [1.29, 1.82) is 0 Å². The number of nitrogens with one attached hydrogen (secondary N) is 2. The maximum absolute atomic E-state index is 9.72. The van der Waals surface area contributed by atoms with Crippen LogP contribution in [0.1, 0.15) is 27.7 Å². The van der Waals surface area contributed by atoms with Crippen LogP contribution < -0.4 is 5.32 Å². The summed E-state index contributed by atoms with van der Waals surface area (Å²) in [5.41, 5.74) is 0.722. The average Bonchev–Trinajstić information content (AvgIpc) is 2.70. The van der Waals surface area contributed by atoms with Crippen LogP contribution in [0.3, 0.4) is 0 Å². The van der Waals surface area contributed by atoms with E-state index in [0.717, 1.165) is 6.92 Å². The van der Waals surface area contributed by atoms with E-state index < -0.39 is 5.97 Å². The maximum atomic E-state index is 9.72. The molecular formula is C11H21N3O4. The monoisotopic (exact) mass is 259 g/mol. The van der Waals surface area contributed by atoms with Crippen molar-refractivity contribution in [3.8, 4) is 0 Å². The summed E-state index contributed by atoms with van der Waals surface area (Å²) >= 11 is 0. The molecule has 0 aromatic carbocycles. The summed E-state index contributed by atoms with van der Waals surface area (Å²) in [5, 5.41) is 16.0. The number of hydrogen-bond donors (Lipinski definition) is 3. The first kappa shape index (κ1) is 18.5. The van der Waals surface area contributed by atoms with Crippen LogP contribution in [-0.4, -0.2) is 40.4 Å². The molecular weight excluding hydrogens is 238 g/mol. The third kappa shape index (κ3) is 19.6. The second kappa shape index (κ2) is 10.3. The van der Waals surface area contributed by atoms with E-state index in [1.807, 2.05) is 20.8 Å². The van der Waals surface area contributed by atoms with Crippen molar-refractivity contribution in [2.75, 3.05) is 12.4 Å². The molecule has 0 aliphatic rings. The highest BCUT2D eigenvalue weighted by molar-refractivity contribution is 5.69. The van der Waals surface area contributed by atoms with Gasteiger partial charge in [-0.1, -0.05) is 0 Å². The highest BCUT2D eigenvalue weighted by Crippen LogP contribution is 2.02. The SMILES string of the molecule is CC(=O)O.COC(C)(C)C.O=CNc1cn[nH]c1. The fraction of sp³-hybridized carbons (Fsp3) is 0.545. The van der Waals surface area contributed by atoms with Gasteiger partial charge < -0.3 is 15.2 Å². The van der Waals surface area contributed by atoms with Gasteiger partial charge in [-0.25, -0.2) is 0 Å². The van der Waals surface area contributed by atoms with E-state index in [2.05, 4.69) is 15.5 Å². The van der Waals surface area contributed by atoms with Crippen LogP contribution in [0.15, 0.2) is 12.4 Å². The molecule has 0 spiro atoms. The lowest BCUT2D eigenvalue weighted by Gasteiger charge is -2.14. The number of rotatable bonds is 2. The van der Waals surface area contributed by atoms with Crippen molar-refractivity contribution < 1.29 is 19.4 Å². The van der Waals surface area contributed by atoms with E-state index >= 15 is 0 Å². The number of carboxylic acids is 1. The van der Waals surface area contributed by atoms with Crippen molar-refractivity contribution >= 4 is 18.1 Å². The minimum Gasteiger partial charge on any atom is -0.481 e. The Morgan fingerprint density at radius 3 is 2.22 bits per heavy atom. The number of aromatic nitrogens is 2. The van der Waals surface area contributed by atoms with Gasteiger partial charge in [0.2, 0.25) is 6.41 Å². The Hall–Kier alpha value is -1.89. The molecule has 0 saturated heterocycles. The van der Waals surface area contributed by atoms with E-state index in [4.69, 9.17) is 14.6 Å². The topological polar surface area (TPSA) is 104 Å². The molecule has 18 heavy (non-hydrogen) atoms. The Labute approximate surface area is 107 Å². The standard InChI is InChI=1S/C5H12O.C4H5N3O.C2H4O2/c1-5(2,3)6-4;8-3-5-4-1-6-7-2-4;1-2(3)4/h1-4H3;1-3H,(H,5,8)(H,6,7);1H3,(H,3,4). The van der Waals surface area contributed by atoms with Gasteiger partial charge in [0, 0.05) is 20.2 Å². The zero-order chi connectivity index (χ0) is 14.6. The molecule has 0 unspecified atom stereocenters. The first-order valence-corrected chi connectivity index (χ1v) is 5.16. The van der Waals surface area contributed by atoms with Crippen LogP contribution >= 0.6 is 0 Å². The smallest absolute Gasteiger partial charge is 0.300 e. The fourth-order valence-electron chi connectivity index (χ4n) is 0.398. The number of aromatic amines is 1. The van der Waals surface area contributed by atoms with Gasteiger partial charge in [0.1, 0.15) is 0 Å². The Kier molecular flexibility index (Phi) is 10.5. The van der Waals surface area contributed by atoms with Gasteiger partial charge in [-0.2, -0.15) is 5.10 Å². The first-order valence-electron chi connectivity index (χ1n) is 5.16. The van der Waals surface area contributed by atoms with Gasteiger partial charge in [0.05, 0.1) is 17.5 Å². The van der Waals surface area contributed by atoms with Crippen molar-refractivity contribution in [1.82, 2.24) is 10.2 Å². The molecule has 1 rings (SSSR count). The number of amides is 1. The summed E-state index contributed by atoms with van der Waals surface area (Å²) in [7, 11) is 1.71. The molecule has 7 heteroatoms. The number of ether oxygens (including phenoxy) is 1. The van der Waals surface area contributed by atoms with Gasteiger partial charge in [-0.3, -0.25) is 14.7 Å². The number of carbonyl (C=O) groups is 2. The van der Waals surface area contributed by atoms with Gasteiger partial charge >= 0.3 is 0 Å². The fourth-order valence-corrected chi connectivity index (χ4v) is 0.398. The minimum atomic E-state index is -0.833. The normalized spacial score (nSPS) is 9.17. The zero-order valence-corrected chi connectivity index (χ0v) is 11.4. The summed E-state index contributed by atoms with van der Waals surface area (Å²) in [6, 6.07) is 0. The van der Waals surface area contributed by atoms with Crippen LogP contribution in [-0.2, 0) is 14.3 Å². The molecule has 1 aromatic rings. The molecule has 0 atom stereocenters. The summed E-state index contributed by atoms with van der Waals surface area (Å²) in [4.78, 5) is 18.7. The Morgan fingerprint density at radius 1 is 1.56 bits per heavy atom. The maximum Gasteiger partial charge on any atom is 0.300 e. The highest BCUT2D eigenvalue weighted by atomic mass is 16.5. The van der Waals surface area contributed by atoms with Crippen LogP contribution in [0.4, 0.5) is 5.69 Å². The van der Waals surface area contributed by atoms with Gasteiger partial charge in [-0.15, -0.1) is 0 Å². The van der Waals surface area contributed by atoms with Gasteiger partial charge in [0.15, 0.2) is 0 Å². The van der Waals surface area contributed by atoms with Gasteiger partial charge in [0.25, 0.3) is 5.97 Å². The van der Waals surface area contributed by atoms with Crippen LogP contribution in [0.5, 0.6) is 0 Å². The highest BCUT2D eigenvalue weighted by Gasteiger charge is 2.03. The minimum absolute atomic E-state index is 0.0417. The molecule has 104 valence electrons. The molecule has 3 N–H and O–H groups in total. The molecule has 1 amide bonds. The lowest BCUT2D eigenvalue weighted by Crippen LogP contribution is -2.15. The van der Waals surface area contributed by atoms with Crippen molar-refractivity contribution in [2.24, 2.45) is 0 Å². The van der Waals surface area contributed by atoms with E-state index in [1.165, 1.54) is 6.20 Å². The van der Waals surface area contributed by atoms with E-state index in [0.29, 0.717) is 12.1 Å². The van der Waals surface area contributed by atoms with E-state index in [1.54, 1.807) is 13.3 Å². The van der Waals surface area contributed by atoms with Crippen molar-refractivity contribution in [3.05, 3.63) is 12.4 Å². The third-order valence-corrected chi connectivity index (χ3v) is 1.34. The molecule has 0 aliphatic heterocycles. The molecule has 0 radical (unpaired) electrons. The van der Waals surface area contributed by atoms with Gasteiger partial charge in [-0.05, 0) is 20.8 Å². The Morgan fingerprint density at radius 2 is 2.00 bits per heavy atom. The lowest BCUT2D eigenvalue weighted by molar-refractivity contribution is -0.134. The second-order valence-electron chi connectivity index (χ2n) is 4.08. The van der Waals surface area contributed by atoms with Crippen LogP contribution in [0, 0.1) is 0 Å². The Bertz CT molecular complexity index is 314. The van der Waals surface area contributed by atoms with Crippen LogP contribution in [0.25, 0.3) is 0 Å². The first-order chi connectivity index (χ1) is 8.22. The quantitative estimate of drug-likeness (QED) is 0.698. The number of aliphatic carboxylic acids is 1. The molecule has 1 heterocycles. The predicted octanol–water partition coefficient (Wildman–Crippen LogP) is 1.50. The largest absolute Gasteiger partial charge is 0.481 e. The molecule has 0 aliphatic carbocycles. The average molecular weight is 259 g/mol. The number of H-pyrrole nitrogens is 1. The number of carbonyl (C=O) groups excluding carboxylic acids is 1. The summed E-state index contributed by atoms with van der Waals surface area (Å²) in [6.45, 7) is 7.15. The molecule has 0 fully saturated rings. The molecule has 0 saturated carbocycles. The third-order valence-electron chi connectivity index (χ3n) is 1.34. The number of carboxylic acid groups (broad SMARTS) is 1. The Balaban J connectivity index is 0. The molecule has 7 nitrogen and oxygen atoms in total. The summed E-state index contributed by atoms with van der Waals surface area (Å²) in [6.07, 6.45) is 3.72. The summed E-state index contributed by atoms with van der Waals surface area (Å²) in [5.74, 6) is -0.833. The predicted molar refractivity (Wildman–Crippen MR) is 68.3 cm³/mol.